The number of amides is 1. The number of benzene rings is 4. The third-order valence-electron chi connectivity index (χ3n) is 6.50. The highest BCUT2D eigenvalue weighted by molar-refractivity contribution is 9.10. The number of halogens is 3. The van der Waals surface area contributed by atoms with Crippen LogP contribution in [-0.4, -0.2) is 33.3 Å². The van der Waals surface area contributed by atoms with Crippen LogP contribution in [-0.2, 0) is 4.79 Å². The molecule has 0 saturated heterocycles. The summed E-state index contributed by atoms with van der Waals surface area (Å²) in [5.41, 5.74) is 0.441. The van der Waals surface area contributed by atoms with Gasteiger partial charge in [-0.25, -0.2) is 4.98 Å². The Hall–Kier alpha value is -5.04. The molecule has 0 saturated carbocycles. The summed E-state index contributed by atoms with van der Waals surface area (Å²) < 4.78 is 13.5. The molecule has 6 rings (SSSR count). The number of carbonyl (C=O) groups is 1. The number of nitrogens with one attached hydrogen (secondary N) is 1. The number of nitro benzene ring substituents is 1. The van der Waals surface area contributed by atoms with Gasteiger partial charge in [0.15, 0.2) is 12.4 Å². The number of furan rings is 1. The molecular weight excluding hydrogens is 689 g/mol. The van der Waals surface area contributed by atoms with Crippen LogP contribution in [0.1, 0.15) is 5.56 Å². The van der Waals surface area contributed by atoms with Crippen LogP contribution in [0.4, 0.5) is 11.4 Å². The molecule has 14 heteroatoms. The second-order valence-corrected chi connectivity index (χ2v) is 11.3. The Morgan fingerprint density at radius 1 is 1.07 bits per heavy atom. The lowest BCUT2D eigenvalue weighted by atomic mass is 10.2. The fourth-order valence-corrected chi connectivity index (χ4v) is 5.22. The number of para-hydroxylation sites is 1. The normalized spacial score (nSPS) is 11.4. The molecule has 11 nitrogen and oxygen atoms in total. The van der Waals surface area contributed by atoms with Crippen LogP contribution < -0.4 is 15.6 Å². The summed E-state index contributed by atoms with van der Waals surface area (Å²) in [5.74, 6) is -0.520. The molecule has 2 heterocycles. The van der Waals surface area contributed by atoms with Crippen LogP contribution in [0, 0.1) is 10.1 Å². The summed E-state index contributed by atoms with van der Waals surface area (Å²) in [6.07, 6.45) is 1.17. The number of rotatable bonds is 8. The molecular formula is C31H18BrCl2N5O6. The van der Waals surface area contributed by atoms with Crippen LogP contribution in [0.2, 0.25) is 10.0 Å². The van der Waals surface area contributed by atoms with Gasteiger partial charge in [0.2, 0.25) is 11.6 Å². The maximum absolute atomic E-state index is 13.7. The van der Waals surface area contributed by atoms with Crippen LogP contribution >= 0.6 is 39.1 Å². The predicted octanol–water partition coefficient (Wildman–Crippen LogP) is 7.69. The maximum Gasteiger partial charge on any atom is 0.313 e. The van der Waals surface area contributed by atoms with Crippen molar-refractivity contribution in [2.75, 3.05) is 11.9 Å². The average molecular weight is 707 g/mol. The van der Waals surface area contributed by atoms with Crippen molar-refractivity contribution in [1.29, 1.82) is 0 Å². The first kappa shape index (κ1) is 30.0. The molecule has 0 bridgehead atoms. The van der Waals surface area contributed by atoms with E-state index in [0.29, 0.717) is 21.8 Å². The minimum atomic E-state index is -0.697. The molecule has 0 atom stereocenters. The molecule has 0 fully saturated rings. The van der Waals surface area contributed by atoms with E-state index in [0.717, 1.165) is 20.6 Å². The first-order chi connectivity index (χ1) is 21.7. The Balaban J connectivity index is 1.42. The van der Waals surface area contributed by atoms with E-state index >= 15 is 0 Å². The summed E-state index contributed by atoms with van der Waals surface area (Å²) in [6, 6.07) is 22.7. The average Bonchev–Trinajstić information content (AvgIpc) is 3.44. The number of fused-ring (bicyclic) bond motifs is 2. The molecule has 0 radical (unpaired) electrons. The van der Waals surface area contributed by atoms with Crippen molar-refractivity contribution < 1.29 is 18.9 Å². The standard InChI is InChI=1S/C31H18BrCl2N5O6/c32-19-5-10-26-17(11-19)13-27(45-26)30-37-24-4-2-1-3-23(24)31(41)38(30)35-15-18-12-21(34)14-25(39(42)43)29(18)44-16-28(40)36-22-8-6-20(33)7-9-22/h1-15H,16H2,(H,36,40). The third-order valence-corrected chi connectivity index (χ3v) is 7.46. The molecule has 0 aliphatic carbocycles. The van der Waals surface area contributed by atoms with Crippen molar-refractivity contribution in [2.24, 2.45) is 5.10 Å². The summed E-state index contributed by atoms with van der Waals surface area (Å²) in [6.45, 7) is -0.580. The molecule has 4 aromatic carbocycles. The van der Waals surface area contributed by atoms with E-state index in [1.807, 2.05) is 12.1 Å². The largest absolute Gasteiger partial charge is 0.476 e. The number of nitro groups is 1. The molecule has 0 spiro atoms. The SMILES string of the molecule is O=C(COc1c(C=Nn2c(-c3cc4cc(Br)ccc4o3)nc3ccccc3c2=O)cc(Cl)cc1[N+](=O)[O-])Nc1ccc(Cl)cc1. The van der Waals surface area contributed by atoms with Crippen molar-refractivity contribution in [3.63, 3.8) is 0 Å². The van der Waals surface area contributed by atoms with Gasteiger partial charge in [-0.05, 0) is 66.7 Å². The zero-order valence-corrected chi connectivity index (χ0v) is 25.8. The summed E-state index contributed by atoms with van der Waals surface area (Å²) in [4.78, 5) is 42.2. The summed E-state index contributed by atoms with van der Waals surface area (Å²) in [7, 11) is 0. The fourth-order valence-electron chi connectivity index (χ4n) is 4.49. The lowest BCUT2D eigenvalue weighted by molar-refractivity contribution is -0.385. The highest BCUT2D eigenvalue weighted by Gasteiger charge is 2.23. The smallest absolute Gasteiger partial charge is 0.313 e. The van der Waals surface area contributed by atoms with Gasteiger partial charge in [0.25, 0.3) is 11.5 Å². The minimum absolute atomic E-state index is 0.00758. The second-order valence-electron chi connectivity index (χ2n) is 9.55. The monoisotopic (exact) mass is 705 g/mol. The summed E-state index contributed by atoms with van der Waals surface area (Å²) >= 11 is 15.5. The van der Waals surface area contributed by atoms with Crippen LogP contribution in [0.25, 0.3) is 33.5 Å². The van der Waals surface area contributed by atoms with E-state index in [1.165, 1.54) is 12.3 Å². The highest BCUT2D eigenvalue weighted by atomic mass is 79.9. The second kappa shape index (κ2) is 12.5. The maximum atomic E-state index is 13.7. The van der Waals surface area contributed by atoms with Gasteiger partial charge in [0.05, 0.1) is 22.0 Å². The molecule has 0 aliphatic heterocycles. The number of carbonyl (C=O) groups excluding carboxylic acids is 1. The number of anilines is 1. The van der Waals surface area contributed by atoms with Gasteiger partial charge in [-0.3, -0.25) is 19.7 Å². The lowest BCUT2D eigenvalue weighted by Crippen LogP contribution is -2.21. The number of aromatic nitrogens is 2. The topological polar surface area (TPSA) is 142 Å². The Morgan fingerprint density at radius 2 is 1.84 bits per heavy atom. The van der Waals surface area contributed by atoms with Crippen LogP contribution in [0.5, 0.6) is 5.75 Å². The summed E-state index contributed by atoms with van der Waals surface area (Å²) in [5, 5.41) is 20.5. The van der Waals surface area contributed by atoms with E-state index < -0.39 is 28.7 Å². The minimum Gasteiger partial charge on any atom is -0.476 e. The van der Waals surface area contributed by atoms with E-state index in [9.17, 15) is 19.7 Å². The Labute approximate surface area is 271 Å². The van der Waals surface area contributed by atoms with Gasteiger partial charge < -0.3 is 14.5 Å². The van der Waals surface area contributed by atoms with Gasteiger partial charge in [-0.2, -0.15) is 9.78 Å². The van der Waals surface area contributed by atoms with E-state index in [1.54, 1.807) is 60.7 Å². The van der Waals surface area contributed by atoms with Crippen molar-refractivity contribution in [2.45, 2.75) is 0 Å². The van der Waals surface area contributed by atoms with Crippen molar-refractivity contribution in [1.82, 2.24) is 9.66 Å². The van der Waals surface area contributed by atoms with Gasteiger partial charge in [-0.1, -0.05) is 51.3 Å². The Bertz CT molecular complexity index is 2220. The molecule has 1 amide bonds. The Morgan fingerprint density at radius 3 is 2.62 bits per heavy atom. The van der Waals surface area contributed by atoms with Gasteiger partial charge in [0.1, 0.15) is 5.58 Å². The fraction of sp³-hybridized carbons (Fsp3) is 0.0323. The van der Waals surface area contributed by atoms with Gasteiger partial charge in [0, 0.05) is 37.2 Å². The molecule has 6 aromatic rings. The molecule has 45 heavy (non-hydrogen) atoms. The predicted molar refractivity (Wildman–Crippen MR) is 176 cm³/mol. The van der Waals surface area contributed by atoms with E-state index in [2.05, 4.69) is 31.3 Å². The van der Waals surface area contributed by atoms with E-state index in [-0.39, 0.29) is 33.3 Å². The molecule has 2 aromatic heterocycles. The zero-order valence-electron chi connectivity index (χ0n) is 22.7. The third kappa shape index (κ3) is 6.43. The number of nitrogens with zero attached hydrogens (tertiary/aromatic N) is 4. The number of hydrogen-bond acceptors (Lipinski definition) is 8. The van der Waals surface area contributed by atoms with Crippen LogP contribution in [0.3, 0.4) is 0 Å². The Kier molecular flexibility index (Phi) is 8.35. The van der Waals surface area contributed by atoms with E-state index in [4.69, 9.17) is 32.4 Å². The zero-order chi connectivity index (χ0) is 31.7. The quantitative estimate of drug-likeness (QED) is 0.0972. The first-order valence-corrected chi connectivity index (χ1v) is 14.6. The number of hydrogen-bond donors (Lipinski definition) is 1. The lowest BCUT2D eigenvalue weighted by Gasteiger charge is -2.11. The number of ether oxygens (including phenoxy) is 1. The molecule has 224 valence electrons. The molecule has 0 unspecified atom stereocenters. The van der Waals surface area contributed by atoms with Crippen molar-refractivity contribution >= 4 is 84.5 Å². The van der Waals surface area contributed by atoms with Gasteiger partial charge >= 0.3 is 5.69 Å². The van der Waals surface area contributed by atoms with Crippen molar-refractivity contribution in [3.8, 4) is 17.3 Å². The van der Waals surface area contributed by atoms with Gasteiger partial charge in [-0.15, -0.1) is 0 Å². The van der Waals surface area contributed by atoms with Crippen LogP contribution in [0.15, 0.2) is 104 Å². The first-order valence-electron chi connectivity index (χ1n) is 13.1. The highest BCUT2D eigenvalue weighted by Crippen LogP contribution is 2.34. The molecule has 0 aliphatic rings. The van der Waals surface area contributed by atoms with Crippen molar-refractivity contribution in [3.05, 3.63) is 125 Å². The molecule has 1 N–H and O–H groups in total.